The smallest absolute Gasteiger partial charge is 0.252 e. The van der Waals surface area contributed by atoms with Gasteiger partial charge in [0.05, 0.1) is 5.56 Å². The molecule has 0 radical (unpaired) electrons. The number of nitrogens with two attached hydrogens (primary N) is 2. The van der Waals surface area contributed by atoms with Crippen molar-refractivity contribution in [3.05, 3.63) is 52.7 Å². The number of carbonyl (C=O) groups excluding carboxylic acids is 1. The minimum Gasteiger partial charge on any atom is -0.399 e. The third-order valence-corrected chi connectivity index (χ3v) is 3.26. The highest BCUT2D eigenvalue weighted by Crippen LogP contribution is 2.23. The van der Waals surface area contributed by atoms with Gasteiger partial charge in [-0.05, 0) is 35.9 Å². The first-order valence-electron chi connectivity index (χ1n) is 5.99. The summed E-state index contributed by atoms with van der Waals surface area (Å²) < 4.78 is 0. The molecule has 0 aliphatic heterocycles. The molecule has 0 aliphatic carbocycles. The summed E-state index contributed by atoms with van der Waals surface area (Å²) in [5, 5.41) is 0.614. The SMILES string of the molecule is CN(Cc1cc(N)ccc1Cl)c1ncccc1C(N)=O. The quantitative estimate of drug-likeness (QED) is 0.844. The lowest BCUT2D eigenvalue weighted by Gasteiger charge is -2.21. The Balaban J connectivity index is 2.31. The average Bonchev–Trinajstić information content (AvgIpc) is 2.42. The Morgan fingerprint density at radius 2 is 2.15 bits per heavy atom. The molecule has 0 saturated heterocycles. The number of pyridine rings is 1. The highest BCUT2D eigenvalue weighted by Gasteiger charge is 2.14. The van der Waals surface area contributed by atoms with Gasteiger partial charge in [0.15, 0.2) is 0 Å². The van der Waals surface area contributed by atoms with Crippen molar-refractivity contribution < 1.29 is 4.79 Å². The molecule has 5 nitrogen and oxygen atoms in total. The van der Waals surface area contributed by atoms with E-state index in [9.17, 15) is 4.79 Å². The molecule has 0 aliphatic rings. The maximum atomic E-state index is 11.4. The van der Waals surface area contributed by atoms with Crippen molar-refractivity contribution in [3.8, 4) is 0 Å². The number of carbonyl (C=O) groups is 1. The number of hydrogen-bond acceptors (Lipinski definition) is 4. The molecule has 0 atom stereocenters. The number of anilines is 2. The molecule has 4 N–H and O–H groups in total. The van der Waals surface area contributed by atoms with Gasteiger partial charge in [-0.3, -0.25) is 4.79 Å². The number of aromatic nitrogens is 1. The predicted octanol–water partition coefficient (Wildman–Crippen LogP) is 2.05. The van der Waals surface area contributed by atoms with Crippen molar-refractivity contribution in [1.82, 2.24) is 4.98 Å². The Hall–Kier alpha value is -2.27. The van der Waals surface area contributed by atoms with Crippen LogP contribution in [0, 0.1) is 0 Å². The topological polar surface area (TPSA) is 85.2 Å². The number of hydrogen-bond donors (Lipinski definition) is 2. The summed E-state index contributed by atoms with van der Waals surface area (Å²) in [6.45, 7) is 0.473. The van der Waals surface area contributed by atoms with Crippen LogP contribution in [0.25, 0.3) is 0 Å². The standard InChI is InChI=1S/C14H15ClN4O/c1-19(8-9-7-10(16)4-5-12(9)15)14-11(13(17)20)3-2-6-18-14/h2-7H,8,16H2,1H3,(H2,17,20). The van der Waals surface area contributed by atoms with E-state index >= 15 is 0 Å². The molecule has 1 aromatic heterocycles. The Kier molecular flexibility index (Phi) is 4.10. The van der Waals surface area contributed by atoms with Gasteiger partial charge in [0.1, 0.15) is 5.82 Å². The normalized spacial score (nSPS) is 10.3. The first-order chi connectivity index (χ1) is 9.49. The Morgan fingerprint density at radius 1 is 1.40 bits per heavy atom. The van der Waals surface area contributed by atoms with Gasteiger partial charge in [-0.15, -0.1) is 0 Å². The summed E-state index contributed by atoms with van der Waals surface area (Å²) in [5.41, 5.74) is 13.0. The minimum absolute atomic E-state index is 0.370. The fourth-order valence-corrected chi connectivity index (χ4v) is 2.12. The second kappa shape index (κ2) is 5.79. The van der Waals surface area contributed by atoms with Gasteiger partial charge in [0, 0.05) is 30.5 Å². The van der Waals surface area contributed by atoms with Crippen LogP contribution in [0.2, 0.25) is 5.02 Å². The zero-order valence-electron chi connectivity index (χ0n) is 11.0. The van der Waals surface area contributed by atoms with Gasteiger partial charge in [-0.2, -0.15) is 0 Å². The molecular formula is C14H15ClN4O. The fourth-order valence-electron chi connectivity index (χ4n) is 1.94. The van der Waals surface area contributed by atoms with E-state index in [-0.39, 0.29) is 0 Å². The van der Waals surface area contributed by atoms with Crippen molar-refractivity contribution >= 4 is 29.0 Å². The maximum Gasteiger partial charge on any atom is 0.252 e. The van der Waals surface area contributed by atoms with Gasteiger partial charge in [0.2, 0.25) is 0 Å². The summed E-state index contributed by atoms with van der Waals surface area (Å²) in [6.07, 6.45) is 1.61. The van der Waals surface area contributed by atoms with Gasteiger partial charge >= 0.3 is 0 Å². The predicted molar refractivity (Wildman–Crippen MR) is 80.7 cm³/mol. The van der Waals surface area contributed by atoms with Gasteiger partial charge < -0.3 is 16.4 Å². The highest BCUT2D eigenvalue weighted by molar-refractivity contribution is 6.31. The maximum absolute atomic E-state index is 11.4. The van der Waals surface area contributed by atoms with Crippen LogP contribution in [0.15, 0.2) is 36.5 Å². The van der Waals surface area contributed by atoms with Crippen LogP contribution in [-0.2, 0) is 6.54 Å². The van der Waals surface area contributed by atoms with E-state index < -0.39 is 5.91 Å². The van der Waals surface area contributed by atoms with Crippen LogP contribution in [0.5, 0.6) is 0 Å². The first-order valence-corrected chi connectivity index (χ1v) is 6.36. The number of halogens is 1. The molecule has 1 heterocycles. The number of primary amides is 1. The molecule has 1 aromatic carbocycles. The first kappa shape index (κ1) is 14.1. The van der Waals surface area contributed by atoms with Crippen molar-refractivity contribution in [2.75, 3.05) is 17.7 Å². The largest absolute Gasteiger partial charge is 0.399 e. The number of nitrogens with zero attached hydrogens (tertiary/aromatic N) is 2. The van der Waals surface area contributed by atoms with Crippen molar-refractivity contribution in [2.24, 2.45) is 5.73 Å². The summed E-state index contributed by atoms with van der Waals surface area (Å²) in [4.78, 5) is 17.4. The van der Waals surface area contributed by atoms with Gasteiger partial charge in [-0.25, -0.2) is 4.98 Å². The van der Waals surface area contributed by atoms with Crippen LogP contribution < -0.4 is 16.4 Å². The van der Waals surface area contributed by atoms with E-state index in [1.807, 2.05) is 7.05 Å². The molecule has 0 spiro atoms. The molecule has 1 amide bonds. The van der Waals surface area contributed by atoms with Gasteiger partial charge in [0.25, 0.3) is 5.91 Å². The van der Waals surface area contributed by atoms with E-state index in [0.29, 0.717) is 28.6 Å². The van der Waals surface area contributed by atoms with Crippen LogP contribution >= 0.6 is 11.6 Å². The van der Waals surface area contributed by atoms with Crippen LogP contribution in [0.4, 0.5) is 11.5 Å². The number of benzene rings is 1. The lowest BCUT2D eigenvalue weighted by molar-refractivity contribution is 0.100. The summed E-state index contributed by atoms with van der Waals surface area (Å²) >= 11 is 6.14. The summed E-state index contributed by atoms with van der Waals surface area (Å²) in [5.74, 6) is -0.00267. The monoisotopic (exact) mass is 290 g/mol. The molecule has 20 heavy (non-hydrogen) atoms. The van der Waals surface area contributed by atoms with E-state index in [1.165, 1.54) is 0 Å². The molecule has 6 heteroatoms. The Morgan fingerprint density at radius 3 is 2.85 bits per heavy atom. The second-order valence-electron chi connectivity index (χ2n) is 4.45. The Bertz CT molecular complexity index is 645. The Labute approximate surface area is 122 Å². The zero-order valence-corrected chi connectivity index (χ0v) is 11.8. The third-order valence-electron chi connectivity index (χ3n) is 2.89. The minimum atomic E-state index is -0.515. The van der Waals surface area contributed by atoms with E-state index in [4.69, 9.17) is 23.1 Å². The summed E-state index contributed by atoms with van der Waals surface area (Å²) in [7, 11) is 1.81. The zero-order chi connectivity index (χ0) is 14.7. The second-order valence-corrected chi connectivity index (χ2v) is 4.85. The van der Waals surface area contributed by atoms with Crippen molar-refractivity contribution in [1.29, 1.82) is 0 Å². The third kappa shape index (κ3) is 3.00. The fraction of sp³-hybridized carbons (Fsp3) is 0.143. The van der Waals surface area contributed by atoms with Gasteiger partial charge in [-0.1, -0.05) is 11.6 Å². The van der Waals surface area contributed by atoms with Crippen LogP contribution in [0.3, 0.4) is 0 Å². The van der Waals surface area contributed by atoms with E-state index in [2.05, 4.69) is 4.98 Å². The molecule has 0 bridgehead atoms. The molecule has 2 aromatic rings. The summed E-state index contributed by atoms with van der Waals surface area (Å²) in [6, 6.07) is 8.59. The molecular weight excluding hydrogens is 276 g/mol. The molecule has 2 rings (SSSR count). The van der Waals surface area contributed by atoms with Crippen LogP contribution in [0.1, 0.15) is 15.9 Å². The molecule has 0 fully saturated rings. The number of amides is 1. The highest BCUT2D eigenvalue weighted by atomic mass is 35.5. The van der Waals surface area contributed by atoms with Crippen molar-refractivity contribution in [3.63, 3.8) is 0 Å². The van der Waals surface area contributed by atoms with E-state index in [0.717, 1.165) is 5.56 Å². The van der Waals surface area contributed by atoms with Crippen molar-refractivity contribution in [2.45, 2.75) is 6.54 Å². The van der Waals surface area contributed by atoms with Crippen LogP contribution in [-0.4, -0.2) is 17.9 Å². The average molecular weight is 291 g/mol. The number of nitrogen functional groups attached to an aromatic ring is 1. The molecule has 0 saturated carbocycles. The molecule has 0 unspecified atom stereocenters. The molecule has 104 valence electrons. The lowest BCUT2D eigenvalue weighted by Crippen LogP contribution is -2.23. The van der Waals surface area contributed by atoms with E-state index in [1.54, 1.807) is 41.4 Å². The number of rotatable bonds is 4. The lowest BCUT2D eigenvalue weighted by atomic mass is 10.1.